The summed E-state index contributed by atoms with van der Waals surface area (Å²) in [5.41, 5.74) is 1.70. The molecule has 1 heterocycles. The SMILES string of the molecule is C=CCN=C([S-])[C@H](C(=O)c1ccccc1Cl)[n+]1ccc(C(CC)CC)cc1. The second kappa shape index (κ2) is 10.3. The van der Waals surface area contributed by atoms with Gasteiger partial charge in [0.15, 0.2) is 12.4 Å². The molecule has 0 bridgehead atoms. The first-order chi connectivity index (χ1) is 13.0. The van der Waals surface area contributed by atoms with E-state index in [1.165, 1.54) is 5.56 Å². The van der Waals surface area contributed by atoms with Crippen molar-refractivity contribution in [3.63, 3.8) is 0 Å². The van der Waals surface area contributed by atoms with E-state index in [-0.39, 0.29) is 5.78 Å². The molecular weight excluding hydrogens is 376 g/mol. The number of hydrogen-bond donors (Lipinski definition) is 0. The molecule has 0 unspecified atom stereocenters. The summed E-state index contributed by atoms with van der Waals surface area (Å²) in [5, 5.41) is 0.730. The first kappa shape index (κ1) is 21.3. The molecule has 0 fully saturated rings. The second-order valence-corrected chi connectivity index (χ2v) is 7.13. The Morgan fingerprint density at radius 1 is 1.22 bits per heavy atom. The van der Waals surface area contributed by atoms with E-state index < -0.39 is 6.04 Å². The molecule has 0 saturated carbocycles. The first-order valence-corrected chi connectivity index (χ1v) is 9.93. The summed E-state index contributed by atoms with van der Waals surface area (Å²) in [5.74, 6) is 0.341. The molecule has 2 aromatic rings. The number of aliphatic imine (C=N–C) groups is 1. The predicted molar refractivity (Wildman–Crippen MR) is 115 cm³/mol. The zero-order valence-corrected chi connectivity index (χ0v) is 17.3. The molecule has 0 amide bonds. The maximum Gasteiger partial charge on any atom is 0.237 e. The highest BCUT2D eigenvalue weighted by molar-refractivity contribution is 7.77. The van der Waals surface area contributed by atoms with E-state index in [4.69, 9.17) is 24.2 Å². The van der Waals surface area contributed by atoms with Crippen LogP contribution in [0.25, 0.3) is 0 Å². The predicted octanol–water partition coefficient (Wildman–Crippen LogP) is 5.09. The summed E-state index contributed by atoms with van der Waals surface area (Å²) < 4.78 is 1.81. The van der Waals surface area contributed by atoms with Crippen LogP contribution in [0.3, 0.4) is 0 Å². The Bertz CT molecular complexity index is 813. The summed E-state index contributed by atoms with van der Waals surface area (Å²) in [7, 11) is 0. The Morgan fingerprint density at radius 2 is 1.85 bits per heavy atom. The summed E-state index contributed by atoms with van der Waals surface area (Å²) in [4.78, 5) is 17.5. The zero-order valence-electron chi connectivity index (χ0n) is 15.8. The van der Waals surface area contributed by atoms with Crippen molar-refractivity contribution in [3.05, 3.63) is 77.6 Å². The van der Waals surface area contributed by atoms with Crippen molar-refractivity contribution >= 4 is 35.1 Å². The average molecular weight is 401 g/mol. The fraction of sp³-hybridized carbons (Fsp3) is 0.318. The number of carbonyl (C=O) groups excluding carboxylic acids is 1. The van der Waals surface area contributed by atoms with Gasteiger partial charge in [-0.05, 0) is 41.5 Å². The number of aromatic nitrogens is 1. The van der Waals surface area contributed by atoms with E-state index in [0.717, 1.165) is 12.8 Å². The van der Waals surface area contributed by atoms with Gasteiger partial charge in [-0.2, -0.15) is 4.57 Å². The van der Waals surface area contributed by atoms with Crippen molar-refractivity contribution in [2.75, 3.05) is 6.54 Å². The van der Waals surface area contributed by atoms with Crippen LogP contribution < -0.4 is 4.57 Å². The molecule has 5 heteroatoms. The van der Waals surface area contributed by atoms with Crippen LogP contribution in [0.2, 0.25) is 5.02 Å². The van der Waals surface area contributed by atoms with Crippen LogP contribution in [0.4, 0.5) is 0 Å². The van der Waals surface area contributed by atoms with E-state index in [2.05, 4.69) is 37.6 Å². The molecular formula is C22H25ClN2OS. The van der Waals surface area contributed by atoms with E-state index in [1.807, 2.05) is 17.0 Å². The first-order valence-electron chi connectivity index (χ1n) is 9.15. The maximum atomic E-state index is 13.2. The largest absolute Gasteiger partial charge is 0.758 e. The topological polar surface area (TPSA) is 33.3 Å². The molecule has 2 rings (SSSR count). The van der Waals surface area contributed by atoms with E-state index in [9.17, 15) is 4.79 Å². The lowest BCUT2D eigenvalue weighted by Gasteiger charge is -2.19. The van der Waals surface area contributed by atoms with Crippen molar-refractivity contribution in [3.8, 4) is 0 Å². The molecule has 1 atom stereocenters. The van der Waals surface area contributed by atoms with Gasteiger partial charge in [0.05, 0.1) is 11.6 Å². The number of rotatable bonds is 9. The highest BCUT2D eigenvalue weighted by Gasteiger charge is 2.29. The summed E-state index contributed by atoms with van der Waals surface area (Å²) in [6, 6.07) is 10.4. The third-order valence-corrected chi connectivity index (χ3v) is 5.31. The maximum absolute atomic E-state index is 13.2. The minimum Gasteiger partial charge on any atom is -0.758 e. The Morgan fingerprint density at radius 3 is 2.41 bits per heavy atom. The lowest BCUT2D eigenvalue weighted by molar-refractivity contribution is -0.692. The monoisotopic (exact) mass is 400 g/mol. The number of pyridine rings is 1. The number of carbonyl (C=O) groups is 1. The standard InChI is InChI=1S/C22H25ClN2OS/c1-4-13-24-22(27)20(21(26)18-9-7-8-10-19(18)23)25-14-11-17(12-15-25)16(5-2)6-3/h4,7-12,14-16,20H,1,5-6,13H2,2-3H3/t20-/m0/s1. The molecule has 27 heavy (non-hydrogen) atoms. The second-order valence-electron chi connectivity index (χ2n) is 6.31. The van der Waals surface area contributed by atoms with Crippen molar-refractivity contribution in [1.29, 1.82) is 0 Å². The molecule has 0 spiro atoms. The molecule has 142 valence electrons. The third-order valence-electron chi connectivity index (χ3n) is 4.63. The van der Waals surface area contributed by atoms with Gasteiger partial charge in [0.25, 0.3) is 0 Å². The quantitative estimate of drug-likeness (QED) is 0.147. The smallest absolute Gasteiger partial charge is 0.237 e. The van der Waals surface area contributed by atoms with Gasteiger partial charge in [-0.3, -0.25) is 4.79 Å². The fourth-order valence-corrected chi connectivity index (χ4v) is 3.61. The molecule has 0 N–H and O–H groups in total. The van der Waals surface area contributed by atoms with Crippen LogP contribution >= 0.6 is 11.6 Å². The van der Waals surface area contributed by atoms with Crippen molar-refractivity contribution in [2.45, 2.75) is 38.6 Å². The molecule has 1 aromatic heterocycles. The summed E-state index contributed by atoms with van der Waals surface area (Å²) in [6.07, 6.45) is 7.63. The number of ketones is 1. The number of nitrogens with zero attached hydrogens (tertiary/aromatic N) is 2. The molecule has 0 aliphatic rings. The van der Waals surface area contributed by atoms with Crippen LogP contribution in [-0.4, -0.2) is 17.4 Å². The fourth-order valence-electron chi connectivity index (χ4n) is 3.08. The van der Waals surface area contributed by atoms with Crippen LogP contribution in [-0.2, 0) is 12.6 Å². The van der Waals surface area contributed by atoms with Gasteiger partial charge in [-0.25, -0.2) is 0 Å². The van der Waals surface area contributed by atoms with Crippen LogP contribution in [0, 0.1) is 0 Å². The van der Waals surface area contributed by atoms with Gasteiger partial charge in [-0.1, -0.05) is 43.7 Å². The van der Waals surface area contributed by atoms with Crippen LogP contribution in [0.5, 0.6) is 0 Å². The number of hydrogen-bond acceptors (Lipinski definition) is 3. The number of benzene rings is 1. The number of halogens is 1. The highest BCUT2D eigenvalue weighted by Crippen LogP contribution is 2.23. The van der Waals surface area contributed by atoms with Gasteiger partial charge < -0.3 is 17.6 Å². The Kier molecular flexibility index (Phi) is 8.14. The Balaban J connectivity index is 2.45. The minimum absolute atomic E-state index is 0.168. The van der Waals surface area contributed by atoms with Crippen LogP contribution in [0.15, 0.2) is 66.4 Å². The number of Topliss-reactive ketones (excluding diaryl/α,β-unsaturated/α-hetero) is 1. The van der Waals surface area contributed by atoms with E-state index in [0.29, 0.717) is 28.1 Å². The molecule has 0 aliphatic heterocycles. The van der Waals surface area contributed by atoms with Crippen molar-refractivity contribution in [1.82, 2.24) is 0 Å². The Labute approximate surface area is 172 Å². The van der Waals surface area contributed by atoms with E-state index in [1.54, 1.807) is 30.3 Å². The van der Waals surface area contributed by atoms with E-state index >= 15 is 0 Å². The Hall–Kier alpha value is -2.04. The van der Waals surface area contributed by atoms with Gasteiger partial charge in [0, 0.05) is 17.7 Å². The third kappa shape index (κ3) is 5.24. The van der Waals surface area contributed by atoms with Gasteiger partial charge in [0.1, 0.15) is 0 Å². The summed E-state index contributed by atoms with van der Waals surface area (Å²) >= 11 is 11.7. The highest BCUT2D eigenvalue weighted by atomic mass is 35.5. The molecule has 0 radical (unpaired) electrons. The molecule has 1 aromatic carbocycles. The molecule has 0 saturated heterocycles. The summed E-state index contributed by atoms with van der Waals surface area (Å²) in [6.45, 7) is 8.40. The minimum atomic E-state index is -0.712. The van der Waals surface area contributed by atoms with Gasteiger partial charge in [0.2, 0.25) is 11.8 Å². The van der Waals surface area contributed by atoms with Crippen molar-refractivity contribution < 1.29 is 9.36 Å². The van der Waals surface area contributed by atoms with Gasteiger partial charge in [-0.15, -0.1) is 6.58 Å². The normalized spacial score (nSPS) is 12.8. The molecule has 3 nitrogen and oxygen atoms in total. The molecule has 0 aliphatic carbocycles. The van der Waals surface area contributed by atoms with Gasteiger partial charge >= 0.3 is 0 Å². The lowest BCUT2D eigenvalue weighted by atomic mass is 9.95. The zero-order chi connectivity index (χ0) is 19.8. The van der Waals surface area contributed by atoms with Crippen LogP contribution in [0.1, 0.15) is 54.6 Å². The average Bonchev–Trinajstić information content (AvgIpc) is 2.69. The van der Waals surface area contributed by atoms with Crippen molar-refractivity contribution in [2.24, 2.45) is 4.99 Å². The lowest BCUT2D eigenvalue weighted by Crippen LogP contribution is -2.47.